The summed E-state index contributed by atoms with van der Waals surface area (Å²) in [7, 11) is 4.08. The van der Waals surface area contributed by atoms with E-state index in [0.717, 1.165) is 17.7 Å². The predicted octanol–water partition coefficient (Wildman–Crippen LogP) is 4.76. The molecule has 0 saturated heterocycles. The van der Waals surface area contributed by atoms with Gasteiger partial charge in [-0.2, -0.15) is 0 Å². The molecular weight excluding hydrogens is 263 g/mol. The van der Waals surface area contributed by atoms with Crippen LogP contribution in [-0.2, 0) is 0 Å². The number of aryl methyl sites for hydroxylation is 1. The van der Waals surface area contributed by atoms with Gasteiger partial charge in [0, 0.05) is 25.5 Å². The van der Waals surface area contributed by atoms with Gasteiger partial charge in [-0.25, -0.2) is 4.39 Å². The van der Waals surface area contributed by atoms with Crippen LogP contribution in [-0.4, -0.2) is 14.1 Å². The Balaban J connectivity index is 2.25. The largest absolute Gasteiger partial charge is 0.378 e. The number of nitrogens with one attached hydrogen (secondary N) is 1. The Kier molecular flexibility index (Phi) is 4.84. The van der Waals surface area contributed by atoms with Crippen molar-refractivity contribution in [1.82, 2.24) is 0 Å². The molecule has 0 aliphatic rings. The number of hydrogen-bond donors (Lipinski definition) is 1. The lowest BCUT2D eigenvalue weighted by molar-refractivity contribution is 0.621. The Morgan fingerprint density at radius 1 is 1.14 bits per heavy atom. The first kappa shape index (κ1) is 15.4. The van der Waals surface area contributed by atoms with Crippen LogP contribution in [0.15, 0.2) is 42.5 Å². The average Bonchev–Trinajstić information content (AvgIpc) is 2.46. The zero-order valence-corrected chi connectivity index (χ0v) is 13.2. The van der Waals surface area contributed by atoms with Gasteiger partial charge in [0.25, 0.3) is 0 Å². The second-order valence-corrected chi connectivity index (χ2v) is 5.56. The number of benzene rings is 2. The highest BCUT2D eigenvalue weighted by atomic mass is 19.1. The minimum Gasteiger partial charge on any atom is -0.378 e. The summed E-state index contributed by atoms with van der Waals surface area (Å²) in [6.07, 6.45) is 0.897. The first-order valence-corrected chi connectivity index (χ1v) is 7.31. The van der Waals surface area contributed by atoms with Crippen molar-refractivity contribution >= 4 is 11.4 Å². The molecule has 0 aromatic heterocycles. The fourth-order valence-electron chi connectivity index (χ4n) is 2.53. The third kappa shape index (κ3) is 3.75. The van der Waals surface area contributed by atoms with Crippen LogP contribution in [0.25, 0.3) is 0 Å². The molecule has 0 heterocycles. The molecule has 0 amide bonds. The van der Waals surface area contributed by atoms with Crippen molar-refractivity contribution in [2.45, 2.75) is 26.3 Å². The first-order chi connectivity index (χ1) is 10.0. The standard InChI is InChI=1S/C18H23FN2/c1-5-17(14-7-6-8-15(19)11-14)20-16-10-9-13(2)18(12-16)21(3)4/h6-12,17,20H,5H2,1-4H3. The molecule has 21 heavy (non-hydrogen) atoms. The Morgan fingerprint density at radius 3 is 2.52 bits per heavy atom. The fourth-order valence-corrected chi connectivity index (χ4v) is 2.53. The van der Waals surface area contributed by atoms with Gasteiger partial charge in [0.15, 0.2) is 0 Å². The van der Waals surface area contributed by atoms with E-state index in [9.17, 15) is 4.39 Å². The highest BCUT2D eigenvalue weighted by Gasteiger charge is 2.11. The van der Waals surface area contributed by atoms with Crippen molar-refractivity contribution in [3.05, 3.63) is 59.4 Å². The smallest absolute Gasteiger partial charge is 0.123 e. The van der Waals surface area contributed by atoms with E-state index in [0.29, 0.717) is 0 Å². The number of anilines is 2. The molecule has 1 N–H and O–H groups in total. The van der Waals surface area contributed by atoms with E-state index in [1.165, 1.54) is 17.3 Å². The quantitative estimate of drug-likeness (QED) is 0.852. The Bertz CT molecular complexity index is 608. The Morgan fingerprint density at radius 2 is 1.90 bits per heavy atom. The molecule has 3 heteroatoms. The molecule has 0 aliphatic carbocycles. The maximum Gasteiger partial charge on any atom is 0.123 e. The number of nitrogens with zero attached hydrogens (tertiary/aromatic N) is 1. The molecule has 1 unspecified atom stereocenters. The zero-order valence-electron chi connectivity index (χ0n) is 13.2. The average molecular weight is 286 g/mol. The molecule has 0 aliphatic heterocycles. The van der Waals surface area contributed by atoms with Crippen LogP contribution in [0.5, 0.6) is 0 Å². The van der Waals surface area contributed by atoms with Crippen molar-refractivity contribution in [3.63, 3.8) is 0 Å². The van der Waals surface area contributed by atoms with Crippen LogP contribution in [0.3, 0.4) is 0 Å². The molecule has 2 aromatic rings. The van der Waals surface area contributed by atoms with Crippen LogP contribution >= 0.6 is 0 Å². The lowest BCUT2D eigenvalue weighted by Crippen LogP contribution is -2.13. The van der Waals surface area contributed by atoms with Gasteiger partial charge in [0.2, 0.25) is 0 Å². The number of rotatable bonds is 5. The summed E-state index contributed by atoms with van der Waals surface area (Å²) in [6, 6.07) is 13.2. The van der Waals surface area contributed by atoms with E-state index >= 15 is 0 Å². The molecule has 0 radical (unpaired) electrons. The van der Waals surface area contributed by atoms with Crippen LogP contribution < -0.4 is 10.2 Å². The van der Waals surface area contributed by atoms with E-state index in [2.05, 4.69) is 42.3 Å². The molecular formula is C18H23FN2. The maximum absolute atomic E-state index is 13.4. The molecule has 0 saturated carbocycles. The molecule has 0 bridgehead atoms. The van der Waals surface area contributed by atoms with Crippen LogP contribution in [0, 0.1) is 12.7 Å². The first-order valence-electron chi connectivity index (χ1n) is 7.31. The lowest BCUT2D eigenvalue weighted by atomic mass is 10.0. The molecule has 2 rings (SSSR count). The topological polar surface area (TPSA) is 15.3 Å². The summed E-state index contributed by atoms with van der Waals surface area (Å²) in [4.78, 5) is 2.10. The highest BCUT2D eigenvalue weighted by Crippen LogP contribution is 2.27. The highest BCUT2D eigenvalue weighted by molar-refractivity contribution is 5.62. The van der Waals surface area contributed by atoms with Crippen LogP contribution in [0.4, 0.5) is 15.8 Å². The summed E-state index contributed by atoms with van der Waals surface area (Å²) >= 11 is 0. The zero-order chi connectivity index (χ0) is 15.4. The van der Waals surface area contributed by atoms with Gasteiger partial charge < -0.3 is 10.2 Å². The minimum atomic E-state index is -0.189. The van der Waals surface area contributed by atoms with Crippen molar-refractivity contribution in [3.8, 4) is 0 Å². The number of hydrogen-bond acceptors (Lipinski definition) is 2. The van der Waals surface area contributed by atoms with Gasteiger partial charge in [-0.3, -0.25) is 0 Å². The van der Waals surface area contributed by atoms with Crippen molar-refractivity contribution < 1.29 is 4.39 Å². The van der Waals surface area contributed by atoms with Crippen molar-refractivity contribution in [2.75, 3.05) is 24.3 Å². The summed E-state index contributed by atoms with van der Waals surface area (Å²) in [6.45, 7) is 4.20. The SMILES string of the molecule is CCC(Nc1ccc(C)c(N(C)C)c1)c1cccc(F)c1. The molecule has 1 atom stereocenters. The summed E-state index contributed by atoms with van der Waals surface area (Å²) in [5.74, 6) is -0.189. The van der Waals surface area contributed by atoms with Gasteiger partial charge >= 0.3 is 0 Å². The number of halogens is 1. The van der Waals surface area contributed by atoms with Gasteiger partial charge in [0.1, 0.15) is 5.82 Å². The molecule has 2 nitrogen and oxygen atoms in total. The molecule has 2 aromatic carbocycles. The molecule has 0 spiro atoms. The summed E-state index contributed by atoms with van der Waals surface area (Å²) in [5, 5.41) is 3.50. The van der Waals surface area contributed by atoms with E-state index < -0.39 is 0 Å². The van der Waals surface area contributed by atoms with E-state index in [1.54, 1.807) is 12.1 Å². The summed E-state index contributed by atoms with van der Waals surface area (Å²) < 4.78 is 13.4. The second-order valence-electron chi connectivity index (χ2n) is 5.56. The lowest BCUT2D eigenvalue weighted by Gasteiger charge is -2.22. The third-order valence-corrected chi connectivity index (χ3v) is 3.69. The Labute approximate surface area is 126 Å². The van der Waals surface area contributed by atoms with Crippen LogP contribution in [0.1, 0.15) is 30.5 Å². The fraction of sp³-hybridized carbons (Fsp3) is 0.333. The third-order valence-electron chi connectivity index (χ3n) is 3.69. The van der Waals surface area contributed by atoms with Crippen LogP contribution in [0.2, 0.25) is 0 Å². The van der Waals surface area contributed by atoms with Gasteiger partial charge in [0.05, 0.1) is 6.04 Å². The second kappa shape index (κ2) is 6.61. The Hall–Kier alpha value is -2.03. The van der Waals surface area contributed by atoms with Gasteiger partial charge in [-0.1, -0.05) is 25.1 Å². The molecule has 112 valence electrons. The van der Waals surface area contributed by atoms with Crippen molar-refractivity contribution in [2.24, 2.45) is 0 Å². The monoisotopic (exact) mass is 286 g/mol. The normalized spacial score (nSPS) is 12.0. The molecule has 0 fully saturated rings. The summed E-state index contributed by atoms with van der Waals surface area (Å²) in [5.41, 5.74) is 4.46. The van der Waals surface area contributed by atoms with E-state index in [-0.39, 0.29) is 11.9 Å². The van der Waals surface area contributed by atoms with Gasteiger partial charge in [-0.05, 0) is 48.7 Å². The predicted molar refractivity (Wildman–Crippen MR) is 88.6 cm³/mol. The van der Waals surface area contributed by atoms with Crippen molar-refractivity contribution in [1.29, 1.82) is 0 Å². The maximum atomic E-state index is 13.4. The minimum absolute atomic E-state index is 0.110. The van der Waals surface area contributed by atoms with E-state index in [4.69, 9.17) is 0 Å². The van der Waals surface area contributed by atoms with Gasteiger partial charge in [-0.15, -0.1) is 0 Å². The van der Waals surface area contributed by atoms with E-state index in [1.807, 2.05) is 20.2 Å².